The second-order valence-corrected chi connectivity index (χ2v) is 5.70. The fourth-order valence-electron chi connectivity index (χ4n) is 2.32. The highest BCUT2D eigenvalue weighted by atomic mass is 35.5. The van der Waals surface area contributed by atoms with E-state index in [9.17, 15) is 4.79 Å². The van der Waals surface area contributed by atoms with E-state index in [1.807, 2.05) is 49.5 Å². The summed E-state index contributed by atoms with van der Waals surface area (Å²) in [5.41, 5.74) is 3.23. The van der Waals surface area contributed by atoms with Crippen LogP contribution in [0.2, 0.25) is 5.02 Å². The van der Waals surface area contributed by atoms with Crippen molar-refractivity contribution in [1.29, 1.82) is 0 Å². The molecule has 0 aliphatic heterocycles. The number of benzene rings is 2. The van der Waals surface area contributed by atoms with E-state index in [1.54, 1.807) is 35.2 Å². The van der Waals surface area contributed by atoms with Crippen molar-refractivity contribution in [3.63, 3.8) is 0 Å². The third-order valence-corrected chi connectivity index (χ3v) is 3.79. The maximum atomic E-state index is 12.2. The van der Waals surface area contributed by atoms with Crippen LogP contribution in [0.3, 0.4) is 0 Å². The number of amides is 1. The van der Waals surface area contributed by atoms with Gasteiger partial charge >= 0.3 is 0 Å². The lowest BCUT2D eigenvalue weighted by Gasteiger charge is -1.99. The molecule has 0 aliphatic rings. The Kier molecular flexibility index (Phi) is 4.77. The van der Waals surface area contributed by atoms with Gasteiger partial charge in [0.05, 0.1) is 5.69 Å². The van der Waals surface area contributed by atoms with Crippen LogP contribution in [0, 0.1) is 0 Å². The smallest absolute Gasteiger partial charge is 0.275 e. The van der Waals surface area contributed by atoms with Crippen LogP contribution in [0.4, 0.5) is 0 Å². The lowest BCUT2D eigenvalue weighted by atomic mass is 10.1. The van der Waals surface area contributed by atoms with Crippen molar-refractivity contribution in [1.82, 2.24) is 15.1 Å². The largest absolute Gasteiger partial charge is 0.327 e. The summed E-state index contributed by atoms with van der Waals surface area (Å²) in [6.07, 6.45) is 3.40. The minimum atomic E-state index is -0.252. The van der Waals surface area contributed by atoms with Crippen LogP contribution in [0.5, 0.6) is 0 Å². The van der Waals surface area contributed by atoms with Gasteiger partial charge in [-0.25, -0.2) is 0 Å². The highest BCUT2D eigenvalue weighted by Crippen LogP contribution is 2.19. The van der Waals surface area contributed by atoms with Crippen LogP contribution in [0.25, 0.3) is 17.3 Å². The molecule has 2 aromatic carbocycles. The molecule has 0 fully saturated rings. The van der Waals surface area contributed by atoms with Gasteiger partial charge in [0, 0.05) is 18.3 Å². The van der Waals surface area contributed by atoms with Gasteiger partial charge in [-0.1, -0.05) is 54.1 Å². The SMILES string of the molecule is Cn1nc(C(=O)N/C=C/c2ccc(Cl)cc2)cc1-c1ccccc1. The van der Waals surface area contributed by atoms with Crippen LogP contribution < -0.4 is 5.32 Å². The van der Waals surface area contributed by atoms with Crippen molar-refractivity contribution >= 4 is 23.6 Å². The summed E-state index contributed by atoms with van der Waals surface area (Å²) in [6.45, 7) is 0. The van der Waals surface area contributed by atoms with E-state index in [0.29, 0.717) is 10.7 Å². The molecule has 1 N–H and O–H groups in total. The molecular formula is C19H16ClN3O. The van der Waals surface area contributed by atoms with Gasteiger partial charge in [0.2, 0.25) is 0 Å². The Labute approximate surface area is 145 Å². The van der Waals surface area contributed by atoms with Crippen molar-refractivity contribution in [2.75, 3.05) is 0 Å². The summed E-state index contributed by atoms with van der Waals surface area (Å²) in [6, 6.07) is 19.0. The fourth-order valence-corrected chi connectivity index (χ4v) is 2.44. The molecule has 3 aromatic rings. The monoisotopic (exact) mass is 337 g/mol. The van der Waals surface area contributed by atoms with Gasteiger partial charge in [0.1, 0.15) is 0 Å². The number of hydrogen-bond donors (Lipinski definition) is 1. The summed E-state index contributed by atoms with van der Waals surface area (Å²) in [5, 5.41) is 7.68. The number of nitrogens with one attached hydrogen (secondary N) is 1. The molecule has 0 spiro atoms. The van der Waals surface area contributed by atoms with Crippen LogP contribution >= 0.6 is 11.6 Å². The molecule has 5 heteroatoms. The molecule has 0 atom stereocenters. The lowest BCUT2D eigenvalue weighted by molar-refractivity contribution is 0.0965. The maximum absolute atomic E-state index is 12.2. The van der Waals surface area contributed by atoms with Gasteiger partial charge in [-0.15, -0.1) is 0 Å². The molecule has 0 radical (unpaired) electrons. The second kappa shape index (κ2) is 7.15. The van der Waals surface area contributed by atoms with Crippen molar-refractivity contribution in [3.05, 3.63) is 83.1 Å². The molecule has 0 aliphatic carbocycles. The molecule has 120 valence electrons. The first-order chi connectivity index (χ1) is 11.6. The highest BCUT2D eigenvalue weighted by Gasteiger charge is 2.12. The van der Waals surface area contributed by atoms with E-state index in [-0.39, 0.29) is 5.91 Å². The molecule has 0 saturated carbocycles. The molecule has 1 heterocycles. The third-order valence-electron chi connectivity index (χ3n) is 3.54. The number of nitrogens with zero attached hydrogens (tertiary/aromatic N) is 2. The van der Waals surface area contributed by atoms with Crippen molar-refractivity contribution in [3.8, 4) is 11.3 Å². The maximum Gasteiger partial charge on any atom is 0.275 e. The Morgan fingerprint density at radius 3 is 2.54 bits per heavy atom. The van der Waals surface area contributed by atoms with Gasteiger partial charge in [-0.3, -0.25) is 9.48 Å². The fraction of sp³-hybridized carbons (Fsp3) is 0.0526. The van der Waals surface area contributed by atoms with E-state index >= 15 is 0 Å². The quantitative estimate of drug-likeness (QED) is 0.777. The molecule has 0 bridgehead atoms. The summed E-state index contributed by atoms with van der Waals surface area (Å²) in [7, 11) is 1.82. The van der Waals surface area contributed by atoms with Crippen molar-refractivity contribution in [2.45, 2.75) is 0 Å². The Morgan fingerprint density at radius 2 is 1.83 bits per heavy atom. The van der Waals surface area contributed by atoms with Crippen LogP contribution in [0.1, 0.15) is 16.1 Å². The van der Waals surface area contributed by atoms with Gasteiger partial charge < -0.3 is 5.32 Å². The first kappa shape index (κ1) is 16.0. The number of hydrogen-bond acceptors (Lipinski definition) is 2. The van der Waals surface area contributed by atoms with E-state index in [4.69, 9.17) is 11.6 Å². The van der Waals surface area contributed by atoms with E-state index in [1.165, 1.54) is 0 Å². The second-order valence-electron chi connectivity index (χ2n) is 5.26. The molecule has 1 aromatic heterocycles. The van der Waals surface area contributed by atoms with Crippen LogP contribution in [-0.2, 0) is 7.05 Å². The standard InChI is InChI=1S/C19H16ClN3O/c1-23-18(15-5-3-2-4-6-15)13-17(22-23)19(24)21-12-11-14-7-9-16(20)10-8-14/h2-13H,1H3,(H,21,24)/b12-11+. The number of carbonyl (C=O) groups is 1. The number of aromatic nitrogens is 2. The molecule has 4 nitrogen and oxygen atoms in total. The Morgan fingerprint density at radius 1 is 1.12 bits per heavy atom. The zero-order valence-electron chi connectivity index (χ0n) is 13.1. The molecule has 0 unspecified atom stereocenters. The minimum absolute atomic E-state index is 0.252. The van der Waals surface area contributed by atoms with Crippen LogP contribution in [-0.4, -0.2) is 15.7 Å². The van der Waals surface area contributed by atoms with Gasteiger partial charge in [0.25, 0.3) is 5.91 Å². The zero-order valence-corrected chi connectivity index (χ0v) is 13.9. The number of halogens is 1. The van der Waals surface area contributed by atoms with Crippen LogP contribution in [0.15, 0.2) is 66.9 Å². The Balaban J connectivity index is 1.71. The highest BCUT2D eigenvalue weighted by molar-refractivity contribution is 6.30. The lowest BCUT2D eigenvalue weighted by Crippen LogP contribution is -2.17. The zero-order chi connectivity index (χ0) is 16.9. The molecule has 24 heavy (non-hydrogen) atoms. The summed E-state index contributed by atoms with van der Waals surface area (Å²) < 4.78 is 1.70. The van der Waals surface area contributed by atoms with E-state index < -0.39 is 0 Å². The Bertz CT molecular complexity index is 867. The Hall–Kier alpha value is -2.85. The molecule has 1 amide bonds. The summed E-state index contributed by atoms with van der Waals surface area (Å²) >= 11 is 5.84. The number of carbonyl (C=O) groups excluding carboxylic acids is 1. The predicted molar refractivity (Wildman–Crippen MR) is 96.6 cm³/mol. The van der Waals surface area contributed by atoms with E-state index in [2.05, 4.69) is 10.4 Å². The summed E-state index contributed by atoms with van der Waals surface area (Å²) in [5.74, 6) is -0.252. The number of rotatable bonds is 4. The van der Waals surface area contributed by atoms with Gasteiger partial charge in [-0.2, -0.15) is 5.10 Å². The van der Waals surface area contributed by atoms with Gasteiger partial charge in [0.15, 0.2) is 5.69 Å². The average Bonchev–Trinajstić information content (AvgIpc) is 2.99. The molecule has 0 saturated heterocycles. The molecular weight excluding hydrogens is 322 g/mol. The molecule has 3 rings (SSSR count). The number of aryl methyl sites for hydroxylation is 1. The first-order valence-electron chi connectivity index (χ1n) is 7.46. The third kappa shape index (κ3) is 3.73. The first-order valence-corrected chi connectivity index (χ1v) is 7.84. The van der Waals surface area contributed by atoms with Crippen molar-refractivity contribution < 1.29 is 4.79 Å². The normalized spacial score (nSPS) is 10.9. The average molecular weight is 338 g/mol. The minimum Gasteiger partial charge on any atom is -0.327 e. The van der Waals surface area contributed by atoms with Gasteiger partial charge in [-0.05, 0) is 35.4 Å². The predicted octanol–water partition coefficient (Wildman–Crippen LogP) is 4.14. The van der Waals surface area contributed by atoms with E-state index in [0.717, 1.165) is 16.8 Å². The summed E-state index contributed by atoms with van der Waals surface area (Å²) in [4.78, 5) is 12.2. The topological polar surface area (TPSA) is 46.9 Å². The van der Waals surface area contributed by atoms with Crippen molar-refractivity contribution in [2.24, 2.45) is 7.05 Å².